The van der Waals surface area contributed by atoms with E-state index in [1.54, 1.807) is 48.8 Å². The predicted molar refractivity (Wildman–Crippen MR) is 104 cm³/mol. The van der Waals surface area contributed by atoms with Crippen LogP contribution >= 0.6 is 0 Å². The molecule has 0 saturated carbocycles. The molecule has 1 aromatic carbocycles. The smallest absolute Gasteiger partial charge is 0.252 e. The van der Waals surface area contributed by atoms with Gasteiger partial charge in [-0.05, 0) is 48.0 Å². The number of hydrogen-bond acceptors (Lipinski definition) is 6. The molecule has 28 heavy (non-hydrogen) atoms. The van der Waals surface area contributed by atoms with Gasteiger partial charge >= 0.3 is 0 Å². The summed E-state index contributed by atoms with van der Waals surface area (Å²) < 4.78 is 31.6. The fourth-order valence-electron chi connectivity index (χ4n) is 2.69. The van der Waals surface area contributed by atoms with Crippen LogP contribution in [0.25, 0.3) is 0 Å². The first kappa shape index (κ1) is 19.5. The molecule has 3 aromatic rings. The van der Waals surface area contributed by atoms with Crippen LogP contribution in [0.2, 0.25) is 0 Å². The molecule has 0 aliphatic carbocycles. The molecule has 2 aromatic heterocycles. The van der Waals surface area contributed by atoms with Gasteiger partial charge in [0.2, 0.25) is 0 Å². The molecule has 1 N–H and O–H groups in total. The van der Waals surface area contributed by atoms with Crippen molar-refractivity contribution in [3.63, 3.8) is 0 Å². The van der Waals surface area contributed by atoms with Crippen molar-refractivity contribution >= 4 is 15.7 Å². The van der Waals surface area contributed by atoms with Crippen molar-refractivity contribution < 1.29 is 17.9 Å². The second kappa shape index (κ2) is 8.62. The standard InChI is InChI=1S/C20H19N3O4S/c1-27-17-6-8-18(9-7-17)28(25,26)19(15-4-2-10-21-12-15)14-23-20(24)16-5-3-11-22-13-16/h2-13,19H,14H2,1H3,(H,23,24)/t19-/m1/s1. The maximum atomic E-state index is 13.2. The zero-order valence-electron chi connectivity index (χ0n) is 15.1. The van der Waals surface area contributed by atoms with Crippen molar-refractivity contribution in [2.24, 2.45) is 0 Å². The Balaban J connectivity index is 1.89. The number of carbonyl (C=O) groups excluding carboxylic acids is 1. The van der Waals surface area contributed by atoms with Crippen molar-refractivity contribution in [2.45, 2.75) is 10.1 Å². The van der Waals surface area contributed by atoms with Crippen molar-refractivity contribution in [1.82, 2.24) is 15.3 Å². The third-order valence-corrected chi connectivity index (χ3v) is 6.31. The van der Waals surface area contributed by atoms with Crippen LogP contribution in [0.3, 0.4) is 0 Å². The van der Waals surface area contributed by atoms with Gasteiger partial charge in [0.15, 0.2) is 9.84 Å². The molecule has 144 valence electrons. The summed E-state index contributed by atoms with van der Waals surface area (Å²) in [5.74, 6) is 0.161. The van der Waals surface area contributed by atoms with Crippen molar-refractivity contribution in [2.75, 3.05) is 13.7 Å². The van der Waals surface area contributed by atoms with Gasteiger partial charge in [0.25, 0.3) is 5.91 Å². The van der Waals surface area contributed by atoms with E-state index >= 15 is 0 Å². The molecule has 0 bridgehead atoms. The first-order valence-electron chi connectivity index (χ1n) is 8.48. The van der Waals surface area contributed by atoms with Gasteiger partial charge in [-0.2, -0.15) is 0 Å². The van der Waals surface area contributed by atoms with E-state index < -0.39 is 21.0 Å². The lowest BCUT2D eigenvalue weighted by atomic mass is 10.2. The first-order valence-corrected chi connectivity index (χ1v) is 10.0. The first-order chi connectivity index (χ1) is 13.5. The molecule has 8 heteroatoms. The predicted octanol–water partition coefficient (Wildman–Crippen LogP) is 2.43. The van der Waals surface area contributed by atoms with Crippen molar-refractivity contribution in [3.05, 3.63) is 84.4 Å². The number of sulfone groups is 1. The summed E-state index contributed by atoms with van der Waals surface area (Å²) in [6.45, 7) is -0.103. The Morgan fingerprint density at radius 2 is 1.71 bits per heavy atom. The van der Waals surface area contributed by atoms with Crippen molar-refractivity contribution in [3.8, 4) is 5.75 Å². The minimum Gasteiger partial charge on any atom is -0.497 e. The van der Waals surface area contributed by atoms with E-state index in [1.807, 2.05) is 0 Å². The van der Waals surface area contributed by atoms with Gasteiger partial charge in [-0.1, -0.05) is 6.07 Å². The minimum atomic E-state index is -3.78. The number of hydrogen-bond donors (Lipinski definition) is 1. The number of aromatic nitrogens is 2. The van der Waals surface area contributed by atoms with Crippen molar-refractivity contribution in [1.29, 1.82) is 0 Å². The summed E-state index contributed by atoms with van der Waals surface area (Å²) in [7, 11) is -2.27. The maximum absolute atomic E-state index is 13.2. The van der Waals surface area contributed by atoms with Gasteiger partial charge in [-0.3, -0.25) is 14.8 Å². The number of ether oxygens (including phenoxy) is 1. The lowest BCUT2D eigenvalue weighted by molar-refractivity contribution is 0.0953. The molecule has 2 heterocycles. The largest absolute Gasteiger partial charge is 0.497 e. The van der Waals surface area contributed by atoms with Crippen LogP contribution in [-0.2, 0) is 9.84 Å². The highest BCUT2D eigenvalue weighted by atomic mass is 32.2. The Kier molecular flexibility index (Phi) is 6.00. The van der Waals surface area contributed by atoms with E-state index in [-0.39, 0.29) is 11.4 Å². The number of pyridine rings is 2. The highest BCUT2D eigenvalue weighted by Crippen LogP contribution is 2.29. The van der Waals surface area contributed by atoms with Gasteiger partial charge in [0.1, 0.15) is 11.0 Å². The van der Waals surface area contributed by atoms with E-state index in [0.717, 1.165) is 0 Å². The Morgan fingerprint density at radius 3 is 2.29 bits per heavy atom. The molecule has 0 spiro atoms. The summed E-state index contributed by atoms with van der Waals surface area (Å²) in [6.07, 6.45) is 6.03. The van der Waals surface area contributed by atoms with Crippen LogP contribution in [0, 0.1) is 0 Å². The zero-order chi connectivity index (χ0) is 20.0. The number of carbonyl (C=O) groups is 1. The molecule has 0 aliphatic rings. The summed E-state index contributed by atoms with van der Waals surface area (Å²) in [4.78, 5) is 20.4. The monoisotopic (exact) mass is 397 g/mol. The highest BCUT2D eigenvalue weighted by molar-refractivity contribution is 7.91. The van der Waals surface area contributed by atoms with Crippen LogP contribution in [0.15, 0.2) is 78.2 Å². The average Bonchev–Trinajstić information content (AvgIpc) is 2.75. The molecule has 1 atom stereocenters. The molecule has 0 aliphatic heterocycles. The van der Waals surface area contributed by atoms with Gasteiger partial charge in [0, 0.05) is 31.3 Å². The fourth-order valence-corrected chi connectivity index (χ4v) is 4.33. The topological polar surface area (TPSA) is 98.2 Å². The highest BCUT2D eigenvalue weighted by Gasteiger charge is 2.30. The van der Waals surface area contributed by atoms with Gasteiger partial charge in [-0.15, -0.1) is 0 Å². The van der Waals surface area contributed by atoms with E-state index in [2.05, 4.69) is 15.3 Å². The number of nitrogens with zero attached hydrogens (tertiary/aromatic N) is 2. The lowest BCUT2D eigenvalue weighted by Gasteiger charge is -2.19. The Morgan fingerprint density at radius 1 is 1.04 bits per heavy atom. The quantitative estimate of drug-likeness (QED) is 0.657. The van der Waals surface area contributed by atoms with E-state index in [9.17, 15) is 13.2 Å². The minimum absolute atomic E-state index is 0.103. The average molecular weight is 397 g/mol. The van der Waals surface area contributed by atoms with Gasteiger partial charge < -0.3 is 10.1 Å². The molecule has 0 saturated heterocycles. The molecule has 0 unspecified atom stereocenters. The third kappa shape index (κ3) is 4.34. The number of rotatable bonds is 7. The zero-order valence-corrected chi connectivity index (χ0v) is 16.0. The van der Waals surface area contributed by atoms with E-state index in [4.69, 9.17) is 4.74 Å². The second-order valence-corrected chi connectivity index (χ2v) is 8.08. The number of benzene rings is 1. The maximum Gasteiger partial charge on any atom is 0.252 e. The van der Waals surface area contributed by atoms with Crippen LogP contribution in [0.5, 0.6) is 5.75 Å². The van der Waals surface area contributed by atoms with E-state index in [1.165, 1.54) is 31.6 Å². The van der Waals surface area contributed by atoms with E-state index in [0.29, 0.717) is 16.9 Å². The normalized spacial score (nSPS) is 12.2. The lowest BCUT2D eigenvalue weighted by Crippen LogP contribution is -2.32. The van der Waals surface area contributed by atoms with Crippen LogP contribution < -0.4 is 10.1 Å². The number of amides is 1. The Hall–Kier alpha value is -3.26. The summed E-state index contributed by atoms with van der Waals surface area (Å²) >= 11 is 0. The summed E-state index contributed by atoms with van der Waals surface area (Å²) in [5, 5.41) is 1.69. The van der Waals surface area contributed by atoms with Gasteiger partial charge in [0.05, 0.1) is 17.6 Å². The Bertz CT molecular complexity index is 1020. The molecule has 0 fully saturated rings. The molecule has 1 amide bonds. The number of nitrogens with one attached hydrogen (secondary N) is 1. The molecular weight excluding hydrogens is 378 g/mol. The molecular formula is C20H19N3O4S. The SMILES string of the molecule is COc1ccc(S(=O)(=O)[C@H](CNC(=O)c2cccnc2)c2cccnc2)cc1. The van der Waals surface area contributed by atoms with Crippen LogP contribution in [0.1, 0.15) is 21.2 Å². The summed E-state index contributed by atoms with van der Waals surface area (Å²) in [5.41, 5.74) is 0.846. The van der Waals surface area contributed by atoms with Crippen LogP contribution in [0.4, 0.5) is 0 Å². The Labute approximate surface area is 163 Å². The van der Waals surface area contributed by atoms with Gasteiger partial charge in [-0.25, -0.2) is 8.42 Å². The third-order valence-electron chi connectivity index (χ3n) is 4.19. The molecule has 3 rings (SSSR count). The number of methoxy groups -OCH3 is 1. The molecule has 7 nitrogen and oxygen atoms in total. The fraction of sp³-hybridized carbons (Fsp3) is 0.150. The van der Waals surface area contributed by atoms with Crippen LogP contribution in [-0.4, -0.2) is 37.9 Å². The summed E-state index contributed by atoms with van der Waals surface area (Å²) in [6, 6.07) is 12.7. The molecule has 0 radical (unpaired) electrons. The second-order valence-electron chi connectivity index (χ2n) is 5.95.